The SMILES string of the molecule is SCCSCC1=CSCS1. The van der Waals surface area contributed by atoms with Gasteiger partial charge >= 0.3 is 0 Å². The molecule has 0 amide bonds. The monoisotopic (exact) mass is 210 g/mol. The van der Waals surface area contributed by atoms with Crippen LogP contribution in [0.5, 0.6) is 0 Å². The average Bonchev–Trinajstić information content (AvgIpc) is 2.41. The van der Waals surface area contributed by atoms with Crippen molar-refractivity contribution in [1.29, 1.82) is 0 Å². The van der Waals surface area contributed by atoms with Gasteiger partial charge in [0, 0.05) is 21.5 Å². The maximum atomic E-state index is 4.14. The first-order chi connectivity index (χ1) is 4.93. The van der Waals surface area contributed by atoms with Crippen molar-refractivity contribution in [2.75, 3.05) is 22.3 Å². The van der Waals surface area contributed by atoms with E-state index in [9.17, 15) is 0 Å². The Balaban J connectivity index is 2.01. The molecule has 0 radical (unpaired) electrons. The van der Waals surface area contributed by atoms with E-state index in [1.807, 2.05) is 35.3 Å². The van der Waals surface area contributed by atoms with Gasteiger partial charge in [-0.3, -0.25) is 0 Å². The van der Waals surface area contributed by atoms with Gasteiger partial charge in [0.25, 0.3) is 0 Å². The molecule has 0 aromatic rings. The summed E-state index contributed by atoms with van der Waals surface area (Å²) < 4.78 is 0. The number of thioether (sulfide) groups is 3. The molecule has 10 heavy (non-hydrogen) atoms. The number of hydrogen-bond acceptors (Lipinski definition) is 4. The predicted molar refractivity (Wildman–Crippen MR) is 59.3 cm³/mol. The highest BCUT2D eigenvalue weighted by molar-refractivity contribution is 8.22. The first-order valence-electron chi connectivity index (χ1n) is 3.05. The van der Waals surface area contributed by atoms with E-state index < -0.39 is 0 Å². The predicted octanol–water partition coefficient (Wildman–Crippen LogP) is 2.93. The fraction of sp³-hybridized carbons (Fsp3) is 0.667. The van der Waals surface area contributed by atoms with E-state index >= 15 is 0 Å². The molecule has 1 heterocycles. The van der Waals surface area contributed by atoms with Crippen molar-refractivity contribution in [2.45, 2.75) is 0 Å². The lowest BCUT2D eigenvalue weighted by molar-refractivity contribution is 1.55. The van der Waals surface area contributed by atoms with Crippen molar-refractivity contribution in [3.63, 3.8) is 0 Å². The van der Waals surface area contributed by atoms with Gasteiger partial charge in [-0.2, -0.15) is 24.4 Å². The van der Waals surface area contributed by atoms with Crippen molar-refractivity contribution in [2.24, 2.45) is 0 Å². The van der Waals surface area contributed by atoms with Crippen molar-refractivity contribution in [3.8, 4) is 0 Å². The largest absolute Gasteiger partial charge is 0.179 e. The molecular weight excluding hydrogens is 200 g/mol. The molecule has 0 nitrogen and oxygen atoms in total. The van der Waals surface area contributed by atoms with Crippen molar-refractivity contribution >= 4 is 47.9 Å². The van der Waals surface area contributed by atoms with E-state index in [-0.39, 0.29) is 0 Å². The van der Waals surface area contributed by atoms with Crippen LogP contribution in [0.15, 0.2) is 10.3 Å². The average molecular weight is 210 g/mol. The van der Waals surface area contributed by atoms with Crippen LogP contribution in [0, 0.1) is 0 Å². The van der Waals surface area contributed by atoms with Gasteiger partial charge in [0.05, 0.1) is 0 Å². The Morgan fingerprint density at radius 1 is 1.70 bits per heavy atom. The molecule has 1 aliphatic rings. The summed E-state index contributed by atoms with van der Waals surface area (Å²) in [6, 6.07) is 0. The molecule has 0 fully saturated rings. The van der Waals surface area contributed by atoms with E-state index in [0.717, 1.165) is 5.75 Å². The van der Waals surface area contributed by atoms with Crippen molar-refractivity contribution in [3.05, 3.63) is 10.3 Å². The fourth-order valence-corrected chi connectivity index (χ4v) is 4.11. The van der Waals surface area contributed by atoms with Gasteiger partial charge in [0.1, 0.15) is 0 Å². The molecule has 58 valence electrons. The Kier molecular flexibility index (Phi) is 5.30. The second-order valence-electron chi connectivity index (χ2n) is 1.79. The molecule has 0 aromatic carbocycles. The molecule has 0 atom stereocenters. The summed E-state index contributed by atoms with van der Waals surface area (Å²) in [5.41, 5.74) is 0. The van der Waals surface area contributed by atoms with E-state index in [0.29, 0.717) is 0 Å². The Morgan fingerprint density at radius 2 is 2.60 bits per heavy atom. The lowest BCUT2D eigenvalue weighted by atomic mass is 10.7. The summed E-state index contributed by atoms with van der Waals surface area (Å²) in [4.78, 5) is 1.54. The summed E-state index contributed by atoms with van der Waals surface area (Å²) in [7, 11) is 0. The first kappa shape index (κ1) is 9.23. The molecule has 1 rings (SSSR count). The van der Waals surface area contributed by atoms with Gasteiger partial charge in [-0.05, 0) is 11.2 Å². The van der Waals surface area contributed by atoms with Crippen molar-refractivity contribution in [1.82, 2.24) is 0 Å². The minimum atomic E-state index is 0.996. The summed E-state index contributed by atoms with van der Waals surface area (Å²) in [5.74, 6) is 3.36. The van der Waals surface area contributed by atoms with E-state index in [2.05, 4.69) is 18.0 Å². The highest BCUT2D eigenvalue weighted by Gasteiger charge is 2.04. The van der Waals surface area contributed by atoms with Crippen LogP contribution in [0.2, 0.25) is 0 Å². The lowest BCUT2D eigenvalue weighted by Crippen LogP contribution is -1.83. The summed E-state index contributed by atoms with van der Waals surface area (Å²) >= 11 is 10.00. The molecule has 0 N–H and O–H groups in total. The second-order valence-corrected chi connectivity index (χ2v) is 5.67. The van der Waals surface area contributed by atoms with Gasteiger partial charge < -0.3 is 0 Å². The Hall–Kier alpha value is 1.14. The number of rotatable bonds is 4. The third-order valence-corrected chi connectivity index (χ3v) is 4.97. The van der Waals surface area contributed by atoms with Crippen LogP contribution in [-0.4, -0.2) is 22.3 Å². The molecule has 0 spiro atoms. The van der Waals surface area contributed by atoms with Gasteiger partial charge in [-0.1, -0.05) is 0 Å². The zero-order valence-electron chi connectivity index (χ0n) is 5.58. The summed E-state index contributed by atoms with van der Waals surface area (Å²) in [5, 5.41) is 3.49. The van der Waals surface area contributed by atoms with Crippen LogP contribution in [0.25, 0.3) is 0 Å². The van der Waals surface area contributed by atoms with Crippen LogP contribution in [-0.2, 0) is 0 Å². The number of thiol groups is 1. The van der Waals surface area contributed by atoms with E-state index in [4.69, 9.17) is 0 Å². The lowest BCUT2D eigenvalue weighted by Gasteiger charge is -1.97. The maximum absolute atomic E-state index is 4.14. The molecule has 4 heteroatoms. The van der Waals surface area contributed by atoms with Crippen LogP contribution in [0.4, 0.5) is 0 Å². The van der Waals surface area contributed by atoms with Gasteiger partial charge in [0.2, 0.25) is 0 Å². The number of hydrogen-bond donors (Lipinski definition) is 1. The zero-order chi connectivity index (χ0) is 7.23. The molecule has 0 bridgehead atoms. The fourth-order valence-electron chi connectivity index (χ4n) is 0.584. The van der Waals surface area contributed by atoms with Crippen LogP contribution in [0.1, 0.15) is 0 Å². The third-order valence-electron chi connectivity index (χ3n) is 1.01. The molecule has 0 saturated heterocycles. The third kappa shape index (κ3) is 3.51. The zero-order valence-corrected chi connectivity index (χ0v) is 8.92. The maximum Gasteiger partial charge on any atom is 0.0478 e. The second kappa shape index (κ2) is 5.75. The molecule has 0 aromatic heterocycles. The molecule has 0 aliphatic carbocycles. The van der Waals surface area contributed by atoms with Crippen molar-refractivity contribution < 1.29 is 0 Å². The minimum Gasteiger partial charge on any atom is -0.179 e. The molecular formula is C6H10S4. The van der Waals surface area contributed by atoms with Crippen LogP contribution in [0.3, 0.4) is 0 Å². The Labute approximate surface area is 80.4 Å². The van der Waals surface area contributed by atoms with Gasteiger partial charge in [-0.15, -0.1) is 23.5 Å². The standard InChI is InChI=1S/C6H10S4/c7-1-2-8-3-6-4-9-5-10-6/h4,7H,1-3,5H2. The van der Waals surface area contributed by atoms with E-state index in [1.54, 1.807) is 0 Å². The minimum absolute atomic E-state index is 0.996. The van der Waals surface area contributed by atoms with Gasteiger partial charge in [0.15, 0.2) is 0 Å². The molecule has 1 aliphatic heterocycles. The Morgan fingerprint density at radius 3 is 3.20 bits per heavy atom. The first-order valence-corrected chi connectivity index (χ1v) is 6.87. The highest BCUT2D eigenvalue weighted by atomic mass is 32.2. The van der Waals surface area contributed by atoms with E-state index in [1.165, 1.54) is 21.5 Å². The summed E-state index contributed by atoms with van der Waals surface area (Å²) in [6.07, 6.45) is 0. The molecule has 0 saturated carbocycles. The smallest absolute Gasteiger partial charge is 0.0478 e. The Bertz CT molecular complexity index is 121. The van der Waals surface area contributed by atoms with Gasteiger partial charge in [-0.25, -0.2) is 0 Å². The molecule has 0 unspecified atom stereocenters. The summed E-state index contributed by atoms with van der Waals surface area (Å²) in [6.45, 7) is 0. The quantitative estimate of drug-likeness (QED) is 0.560. The topological polar surface area (TPSA) is 0 Å². The van der Waals surface area contributed by atoms with Crippen LogP contribution >= 0.6 is 47.9 Å². The normalized spacial score (nSPS) is 17.5. The highest BCUT2D eigenvalue weighted by Crippen LogP contribution is 2.33. The van der Waals surface area contributed by atoms with Crippen LogP contribution < -0.4 is 0 Å².